The summed E-state index contributed by atoms with van der Waals surface area (Å²) in [5.74, 6) is -1.41. The van der Waals surface area contributed by atoms with Gasteiger partial charge in [-0.25, -0.2) is 17.9 Å². The Bertz CT molecular complexity index is 1190. The van der Waals surface area contributed by atoms with Gasteiger partial charge >= 0.3 is 0 Å². The first-order valence-electron chi connectivity index (χ1n) is 7.27. The highest BCUT2D eigenvalue weighted by molar-refractivity contribution is 7.89. The van der Waals surface area contributed by atoms with Gasteiger partial charge in [0.2, 0.25) is 15.5 Å². The highest BCUT2D eigenvalue weighted by Gasteiger charge is 2.17. The van der Waals surface area contributed by atoms with Gasteiger partial charge in [-0.1, -0.05) is 0 Å². The second-order valence-electron chi connectivity index (χ2n) is 5.49. The van der Waals surface area contributed by atoms with E-state index in [0.717, 1.165) is 6.07 Å². The number of fused-ring (bicyclic) bond motifs is 1. The van der Waals surface area contributed by atoms with Crippen molar-refractivity contribution in [1.82, 2.24) is 9.78 Å². The fourth-order valence-electron chi connectivity index (χ4n) is 2.42. The molecule has 0 saturated carbocycles. The van der Waals surface area contributed by atoms with Crippen molar-refractivity contribution in [2.75, 3.05) is 5.32 Å². The van der Waals surface area contributed by atoms with E-state index >= 15 is 0 Å². The number of nitrogens with zero attached hydrogens (tertiary/aromatic N) is 2. The zero-order valence-corrected chi connectivity index (χ0v) is 14.2. The van der Waals surface area contributed by atoms with Crippen LogP contribution in [0.3, 0.4) is 0 Å². The fraction of sp³-hybridized carbons (Fsp3) is 0.0625. The maximum atomic E-state index is 13.4. The number of nitrogens with two attached hydrogens (primary N) is 1. The zero-order valence-electron chi connectivity index (χ0n) is 13.4. The van der Waals surface area contributed by atoms with E-state index in [9.17, 15) is 22.4 Å². The molecule has 0 unspecified atom stereocenters. The Morgan fingerprint density at radius 2 is 1.85 bits per heavy atom. The summed E-state index contributed by atoms with van der Waals surface area (Å²) in [6, 6.07) is 8.70. The molecular formula is C16H13FN4O4S. The SMILES string of the molecule is Cn1nc(C(=O)Nc2ccc(S(N)(=O)=O)cc2)c(=O)c2cc(F)ccc21. The quantitative estimate of drug-likeness (QED) is 0.705. The summed E-state index contributed by atoms with van der Waals surface area (Å²) in [6.07, 6.45) is 0. The summed E-state index contributed by atoms with van der Waals surface area (Å²) in [5.41, 5.74) is -0.506. The van der Waals surface area contributed by atoms with Crippen molar-refractivity contribution in [3.8, 4) is 0 Å². The predicted molar refractivity (Wildman–Crippen MR) is 92.7 cm³/mol. The molecule has 0 radical (unpaired) electrons. The summed E-state index contributed by atoms with van der Waals surface area (Å²) < 4.78 is 37.2. The Morgan fingerprint density at radius 3 is 2.46 bits per heavy atom. The van der Waals surface area contributed by atoms with E-state index in [1.807, 2.05) is 0 Å². The molecule has 10 heteroatoms. The number of hydrogen-bond acceptors (Lipinski definition) is 5. The molecule has 0 aliphatic heterocycles. The second-order valence-corrected chi connectivity index (χ2v) is 7.05. The Labute approximate surface area is 147 Å². The summed E-state index contributed by atoms with van der Waals surface area (Å²) in [7, 11) is -2.33. The van der Waals surface area contributed by atoms with Gasteiger partial charge in [0.25, 0.3) is 5.91 Å². The summed E-state index contributed by atoms with van der Waals surface area (Å²) >= 11 is 0. The number of amides is 1. The molecule has 1 aromatic heterocycles. The number of nitrogens with one attached hydrogen (secondary N) is 1. The van der Waals surface area contributed by atoms with Crippen molar-refractivity contribution in [2.45, 2.75) is 4.90 Å². The molecule has 0 saturated heterocycles. The molecule has 2 aromatic carbocycles. The third kappa shape index (κ3) is 3.32. The molecule has 0 aliphatic carbocycles. The van der Waals surface area contributed by atoms with Crippen molar-refractivity contribution in [3.05, 3.63) is 64.2 Å². The van der Waals surface area contributed by atoms with Crippen molar-refractivity contribution >= 4 is 32.5 Å². The highest BCUT2D eigenvalue weighted by Crippen LogP contribution is 2.14. The van der Waals surface area contributed by atoms with Crippen LogP contribution in [0.15, 0.2) is 52.2 Å². The smallest absolute Gasteiger partial charge is 0.280 e. The van der Waals surface area contributed by atoms with Gasteiger partial charge in [-0.3, -0.25) is 14.3 Å². The Kier molecular flexibility index (Phi) is 4.30. The number of anilines is 1. The van der Waals surface area contributed by atoms with Crippen LogP contribution < -0.4 is 15.9 Å². The number of halogens is 1. The maximum Gasteiger partial charge on any atom is 0.280 e. The van der Waals surface area contributed by atoms with Crippen molar-refractivity contribution < 1.29 is 17.6 Å². The number of aryl methyl sites for hydroxylation is 1. The van der Waals surface area contributed by atoms with Gasteiger partial charge in [-0.15, -0.1) is 0 Å². The number of benzene rings is 2. The van der Waals surface area contributed by atoms with Crippen LogP contribution in [0, 0.1) is 5.82 Å². The molecule has 3 rings (SSSR count). The third-order valence-electron chi connectivity index (χ3n) is 3.67. The summed E-state index contributed by atoms with van der Waals surface area (Å²) in [6.45, 7) is 0. The minimum Gasteiger partial charge on any atom is -0.320 e. The van der Waals surface area contributed by atoms with Crippen molar-refractivity contribution in [1.29, 1.82) is 0 Å². The van der Waals surface area contributed by atoms with Crippen molar-refractivity contribution in [2.24, 2.45) is 12.2 Å². The first-order chi connectivity index (χ1) is 12.2. The average Bonchev–Trinajstić information content (AvgIpc) is 2.57. The van der Waals surface area contributed by atoms with Crippen LogP contribution in [0.4, 0.5) is 10.1 Å². The van der Waals surface area contributed by atoms with Gasteiger partial charge in [-0.05, 0) is 42.5 Å². The molecule has 8 nitrogen and oxygen atoms in total. The third-order valence-corrected chi connectivity index (χ3v) is 4.60. The lowest BCUT2D eigenvalue weighted by atomic mass is 10.2. The molecule has 134 valence electrons. The molecule has 0 spiro atoms. The van der Waals surface area contributed by atoms with Crippen molar-refractivity contribution in [3.63, 3.8) is 0 Å². The van der Waals surface area contributed by atoms with Crippen LogP contribution in [-0.2, 0) is 17.1 Å². The van der Waals surface area contributed by atoms with Crippen LogP contribution in [0.25, 0.3) is 10.9 Å². The van der Waals surface area contributed by atoms with Gasteiger partial charge in [0.15, 0.2) is 5.69 Å². The number of carbonyl (C=O) groups is 1. The van der Waals surface area contributed by atoms with E-state index in [1.165, 1.54) is 48.1 Å². The fourth-order valence-corrected chi connectivity index (χ4v) is 2.93. The molecule has 0 atom stereocenters. The van der Waals surface area contributed by atoms with E-state index in [0.29, 0.717) is 5.52 Å². The van der Waals surface area contributed by atoms with E-state index in [2.05, 4.69) is 10.4 Å². The number of hydrogen-bond donors (Lipinski definition) is 2. The molecule has 26 heavy (non-hydrogen) atoms. The minimum absolute atomic E-state index is 0.0252. The highest BCUT2D eigenvalue weighted by atomic mass is 32.2. The normalized spacial score (nSPS) is 11.5. The average molecular weight is 376 g/mol. The molecular weight excluding hydrogens is 363 g/mol. The monoisotopic (exact) mass is 376 g/mol. The van der Waals surface area contributed by atoms with E-state index in [-0.39, 0.29) is 16.0 Å². The maximum absolute atomic E-state index is 13.4. The van der Waals surface area contributed by atoms with E-state index in [4.69, 9.17) is 5.14 Å². The van der Waals surface area contributed by atoms with Gasteiger partial charge in [0, 0.05) is 12.7 Å². The molecule has 1 heterocycles. The topological polar surface area (TPSA) is 124 Å². The van der Waals surface area contributed by atoms with Gasteiger partial charge < -0.3 is 5.32 Å². The molecule has 3 N–H and O–H groups in total. The summed E-state index contributed by atoms with van der Waals surface area (Å²) in [5, 5.41) is 11.4. The standard InChI is InChI=1S/C16H13FN4O4S/c1-21-13-7-2-9(17)8-12(13)15(22)14(20-21)16(23)19-10-3-5-11(6-4-10)26(18,24)25/h2-8H,1H3,(H,19,23)(H2,18,24,25). The Balaban J connectivity index is 1.98. The van der Waals surface area contributed by atoms with Gasteiger partial charge in [0.05, 0.1) is 15.8 Å². The molecule has 1 amide bonds. The number of rotatable bonds is 3. The second kappa shape index (κ2) is 6.32. The van der Waals surface area contributed by atoms with Crippen LogP contribution in [-0.4, -0.2) is 24.1 Å². The van der Waals surface area contributed by atoms with E-state index in [1.54, 1.807) is 0 Å². The van der Waals surface area contributed by atoms with Crippen LogP contribution in [0.1, 0.15) is 10.5 Å². The van der Waals surface area contributed by atoms with Crippen LogP contribution in [0.5, 0.6) is 0 Å². The zero-order chi connectivity index (χ0) is 19.1. The summed E-state index contributed by atoms with van der Waals surface area (Å²) in [4.78, 5) is 24.7. The van der Waals surface area contributed by atoms with Crippen LogP contribution >= 0.6 is 0 Å². The van der Waals surface area contributed by atoms with E-state index < -0.39 is 32.9 Å². The first-order valence-corrected chi connectivity index (χ1v) is 8.82. The molecule has 3 aromatic rings. The van der Waals surface area contributed by atoms with Gasteiger partial charge in [-0.2, -0.15) is 5.10 Å². The molecule has 0 bridgehead atoms. The molecule has 0 fully saturated rings. The Morgan fingerprint density at radius 1 is 1.19 bits per heavy atom. The first kappa shape index (κ1) is 17.7. The Hall–Kier alpha value is -3.11. The number of sulfonamides is 1. The number of aromatic nitrogens is 2. The lowest BCUT2D eigenvalue weighted by Crippen LogP contribution is -2.26. The minimum atomic E-state index is -3.85. The largest absolute Gasteiger partial charge is 0.320 e. The predicted octanol–water partition coefficient (Wildman–Crippen LogP) is 0.972. The number of carbonyl (C=O) groups excluding carboxylic acids is 1. The number of primary sulfonamides is 1. The van der Waals surface area contributed by atoms with Crippen LogP contribution in [0.2, 0.25) is 0 Å². The lowest BCUT2D eigenvalue weighted by molar-refractivity contribution is 0.101. The molecule has 0 aliphatic rings. The van der Waals surface area contributed by atoms with Gasteiger partial charge in [0.1, 0.15) is 5.82 Å². The lowest BCUT2D eigenvalue weighted by Gasteiger charge is -2.09.